The summed E-state index contributed by atoms with van der Waals surface area (Å²) in [5.41, 5.74) is 3.55. The molecule has 0 saturated carbocycles. The van der Waals surface area contributed by atoms with Crippen molar-refractivity contribution < 1.29 is 0 Å². The predicted octanol–water partition coefficient (Wildman–Crippen LogP) is 2.31. The summed E-state index contributed by atoms with van der Waals surface area (Å²) in [7, 11) is 0. The van der Waals surface area contributed by atoms with Crippen LogP contribution in [0.3, 0.4) is 0 Å². The highest BCUT2D eigenvalue weighted by Gasteiger charge is 2.17. The zero-order valence-electron chi connectivity index (χ0n) is 11.2. The third kappa shape index (κ3) is 2.59. The van der Waals surface area contributed by atoms with Gasteiger partial charge in [-0.05, 0) is 37.6 Å². The molecule has 1 unspecified atom stereocenters. The SMILES string of the molecule is CCNC(c1cncc(C)c1)c1ccnn1CC. The van der Waals surface area contributed by atoms with E-state index in [4.69, 9.17) is 0 Å². The zero-order valence-corrected chi connectivity index (χ0v) is 11.2. The summed E-state index contributed by atoms with van der Waals surface area (Å²) in [6, 6.07) is 4.40. The van der Waals surface area contributed by atoms with E-state index in [9.17, 15) is 0 Å². The van der Waals surface area contributed by atoms with Crippen LogP contribution in [0.2, 0.25) is 0 Å². The van der Waals surface area contributed by atoms with Crippen molar-refractivity contribution in [2.75, 3.05) is 6.54 Å². The Hall–Kier alpha value is -1.68. The standard InChI is InChI=1S/C14H20N4/c1-4-16-14(12-8-11(3)9-15-10-12)13-6-7-17-18(13)5-2/h6-10,14,16H,4-5H2,1-3H3. The van der Waals surface area contributed by atoms with Gasteiger partial charge in [-0.3, -0.25) is 9.67 Å². The minimum atomic E-state index is 0.157. The first-order valence-electron chi connectivity index (χ1n) is 6.42. The van der Waals surface area contributed by atoms with Crippen molar-refractivity contribution in [3.8, 4) is 0 Å². The molecule has 1 atom stereocenters. The highest BCUT2D eigenvalue weighted by atomic mass is 15.3. The van der Waals surface area contributed by atoms with Crippen molar-refractivity contribution in [3.63, 3.8) is 0 Å². The number of hydrogen-bond donors (Lipinski definition) is 1. The van der Waals surface area contributed by atoms with Crippen molar-refractivity contribution in [2.45, 2.75) is 33.4 Å². The molecule has 0 fully saturated rings. The van der Waals surface area contributed by atoms with E-state index < -0.39 is 0 Å². The molecule has 0 saturated heterocycles. The molecule has 0 aromatic carbocycles. The summed E-state index contributed by atoms with van der Waals surface area (Å²) in [5.74, 6) is 0. The molecular formula is C14H20N4. The summed E-state index contributed by atoms with van der Waals surface area (Å²) >= 11 is 0. The van der Waals surface area contributed by atoms with Crippen LogP contribution in [0.1, 0.15) is 36.7 Å². The second kappa shape index (κ2) is 5.78. The fourth-order valence-corrected chi connectivity index (χ4v) is 2.19. The minimum Gasteiger partial charge on any atom is -0.305 e. The fraction of sp³-hybridized carbons (Fsp3) is 0.429. The number of pyridine rings is 1. The number of hydrogen-bond acceptors (Lipinski definition) is 3. The van der Waals surface area contributed by atoms with Gasteiger partial charge in [0.15, 0.2) is 0 Å². The second-order valence-electron chi connectivity index (χ2n) is 4.36. The van der Waals surface area contributed by atoms with E-state index in [0.29, 0.717) is 0 Å². The lowest BCUT2D eigenvalue weighted by Crippen LogP contribution is -2.25. The van der Waals surface area contributed by atoms with Crippen molar-refractivity contribution >= 4 is 0 Å². The lowest BCUT2D eigenvalue weighted by atomic mass is 10.0. The highest BCUT2D eigenvalue weighted by molar-refractivity contribution is 5.27. The first kappa shape index (κ1) is 12.8. The minimum absolute atomic E-state index is 0.157. The maximum Gasteiger partial charge on any atom is 0.0763 e. The molecule has 2 heterocycles. The Morgan fingerprint density at radius 3 is 2.83 bits per heavy atom. The average Bonchev–Trinajstić information content (AvgIpc) is 2.84. The lowest BCUT2D eigenvalue weighted by Gasteiger charge is -2.19. The van der Waals surface area contributed by atoms with Crippen LogP contribution in [0.4, 0.5) is 0 Å². The Kier molecular flexibility index (Phi) is 4.10. The van der Waals surface area contributed by atoms with Crippen LogP contribution in [0.15, 0.2) is 30.7 Å². The quantitative estimate of drug-likeness (QED) is 0.877. The van der Waals surface area contributed by atoms with Crippen LogP contribution in [-0.4, -0.2) is 21.3 Å². The van der Waals surface area contributed by atoms with Gasteiger partial charge in [-0.1, -0.05) is 13.0 Å². The van der Waals surface area contributed by atoms with E-state index >= 15 is 0 Å². The van der Waals surface area contributed by atoms with Gasteiger partial charge < -0.3 is 5.32 Å². The van der Waals surface area contributed by atoms with Gasteiger partial charge in [-0.15, -0.1) is 0 Å². The molecule has 2 aromatic heterocycles. The summed E-state index contributed by atoms with van der Waals surface area (Å²) in [6.07, 6.45) is 5.66. The normalized spacial score (nSPS) is 12.6. The summed E-state index contributed by atoms with van der Waals surface area (Å²) < 4.78 is 2.02. The average molecular weight is 244 g/mol. The first-order valence-corrected chi connectivity index (χ1v) is 6.42. The van der Waals surface area contributed by atoms with Crippen molar-refractivity contribution in [1.29, 1.82) is 0 Å². The Balaban J connectivity index is 2.39. The summed E-state index contributed by atoms with van der Waals surface area (Å²) in [4.78, 5) is 4.28. The van der Waals surface area contributed by atoms with Crippen molar-refractivity contribution in [2.24, 2.45) is 0 Å². The van der Waals surface area contributed by atoms with Crippen LogP contribution >= 0.6 is 0 Å². The molecule has 0 amide bonds. The van der Waals surface area contributed by atoms with Gasteiger partial charge in [0, 0.05) is 25.1 Å². The molecule has 0 aliphatic heterocycles. The number of aromatic nitrogens is 3. The molecule has 1 N–H and O–H groups in total. The maximum atomic E-state index is 4.34. The lowest BCUT2D eigenvalue weighted by molar-refractivity contribution is 0.541. The van der Waals surface area contributed by atoms with E-state index in [0.717, 1.165) is 13.1 Å². The van der Waals surface area contributed by atoms with E-state index in [1.807, 2.05) is 23.3 Å². The molecule has 0 aliphatic rings. The molecule has 18 heavy (non-hydrogen) atoms. The second-order valence-corrected chi connectivity index (χ2v) is 4.36. The smallest absolute Gasteiger partial charge is 0.0763 e. The summed E-state index contributed by atoms with van der Waals surface area (Å²) in [6.45, 7) is 8.07. The van der Waals surface area contributed by atoms with E-state index in [1.165, 1.54) is 16.8 Å². The first-order chi connectivity index (χ1) is 8.76. The molecule has 2 rings (SSSR count). The Morgan fingerprint density at radius 2 is 2.17 bits per heavy atom. The predicted molar refractivity (Wildman–Crippen MR) is 72.4 cm³/mol. The number of nitrogens with zero attached hydrogens (tertiary/aromatic N) is 3. The topological polar surface area (TPSA) is 42.7 Å². The number of rotatable bonds is 5. The van der Waals surface area contributed by atoms with Gasteiger partial charge in [0.25, 0.3) is 0 Å². The molecule has 0 spiro atoms. The molecule has 2 aromatic rings. The van der Waals surface area contributed by atoms with Crippen LogP contribution in [-0.2, 0) is 6.54 Å². The molecule has 0 bridgehead atoms. The van der Waals surface area contributed by atoms with Gasteiger partial charge in [0.1, 0.15) is 0 Å². The molecule has 96 valence electrons. The molecule has 4 heteroatoms. The Morgan fingerprint density at radius 1 is 1.33 bits per heavy atom. The fourth-order valence-electron chi connectivity index (χ4n) is 2.19. The third-order valence-electron chi connectivity index (χ3n) is 2.98. The van der Waals surface area contributed by atoms with Gasteiger partial charge in [0.05, 0.1) is 11.7 Å². The van der Waals surface area contributed by atoms with Gasteiger partial charge >= 0.3 is 0 Å². The monoisotopic (exact) mass is 244 g/mol. The van der Waals surface area contributed by atoms with Crippen LogP contribution in [0.25, 0.3) is 0 Å². The van der Waals surface area contributed by atoms with E-state index in [1.54, 1.807) is 0 Å². The number of nitrogens with one attached hydrogen (secondary N) is 1. The van der Waals surface area contributed by atoms with Gasteiger partial charge in [-0.2, -0.15) is 5.10 Å². The third-order valence-corrected chi connectivity index (χ3v) is 2.98. The van der Waals surface area contributed by atoms with Crippen molar-refractivity contribution in [3.05, 3.63) is 47.5 Å². The van der Waals surface area contributed by atoms with Gasteiger partial charge in [0.2, 0.25) is 0 Å². The van der Waals surface area contributed by atoms with Crippen LogP contribution < -0.4 is 5.32 Å². The summed E-state index contributed by atoms with van der Waals surface area (Å²) in [5, 5.41) is 7.84. The van der Waals surface area contributed by atoms with Crippen LogP contribution in [0, 0.1) is 6.92 Å². The maximum absolute atomic E-state index is 4.34. The molecule has 0 radical (unpaired) electrons. The van der Waals surface area contributed by atoms with Gasteiger partial charge in [-0.25, -0.2) is 0 Å². The number of aryl methyl sites for hydroxylation is 2. The van der Waals surface area contributed by atoms with Crippen LogP contribution in [0.5, 0.6) is 0 Å². The van der Waals surface area contributed by atoms with Crippen molar-refractivity contribution in [1.82, 2.24) is 20.1 Å². The zero-order chi connectivity index (χ0) is 13.0. The molecule has 4 nitrogen and oxygen atoms in total. The molecule has 0 aliphatic carbocycles. The highest BCUT2D eigenvalue weighted by Crippen LogP contribution is 2.21. The molecular weight excluding hydrogens is 224 g/mol. The Bertz CT molecular complexity index is 504. The Labute approximate surface area is 108 Å². The van der Waals surface area contributed by atoms with E-state index in [2.05, 4.69) is 48.3 Å². The van der Waals surface area contributed by atoms with E-state index in [-0.39, 0.29) is 6.04 Å². The largest absolute Gasteiger partial charge is 0.305 e.